The van der Waals surface area contributed by atoms with E-state index in [0.717, 1.165) is 0 Å². The lowest BCUT2D eigenvalue weighted by Gasteiger charge is -2.02. The second-order valence-corrected chi connectivity index (χ2v) is 4.26. The molecule has 0 radical (unpaired) electrons. The average molecular weight is 267 g/mol. The number of aromatic amines is 1. The van der Waals surface area contributed by atoms with Crippen molar-refractivity contribution in [2.45, 2.75) is 0 Å². The first kappa shape index (κ1) is 11.9. The fraction of sp³-hybridized carbons (Fsp3) is 0. The van der Waals surface area contributed by atoms with Crippen LogP contribution < -0.4 is 21.1 Å². The quantitative estimate of drug-likeness (QED) is 0.432. The Hall–Kier alpha value is -3.16. The molecule has 3 N–H and O–H groups in total. The van der Waals surface area contributed by atoms with E-state index in [1.165, 1.54) is 30.5 Å². The summed E-state index contributed by atoms with van der Waals surface area (Å²) in [6.07, 6.45) is 2.94. The Morgan fingerprint density at radius 3 is 2.95 bits per heavy atom. The predicted octanol–water partition coefficient (Wildman–Crippen LogP) is -0.588. The third kappa shape index (κ3) is 1.62. The highest BCUT2D eigenvalue weighted by atomic mass is 19.1. The van der Waals surface area contributed by atoms with E-state index in [1.54, 1.807) is 0 Å². The molecule has 6 heteroatoms. The molecule has 0 atom stereocenters. The van der Waals surface area contributed by atoms with Crippen LogP contribution in [0.4, 0.5) is 10.1 Å². The number of carbonyl (C=O) groups is 1. The number of ketones is 1. The van der Waals surface area contributed by atoms with Gasteiger partial charge in [0.2, 0.25) is 5.78 Å². The summed E-state index contributed by atoms with van der Waals surface area (Å²) < 4.78 is 17.9. The largest absolute Gasteiger partial charge is 0.396 e. The molecule has 2 heterocycles. The zero-order valence-corrected chi connectivity index (χ0v) is 10.1. The number of halogens is 1. The van der Waals surface area contributed by atoms with E-state index in [-0.39, 0.29) is 22.5 Å². The van der Waals surface area contributed by atoms with Crippen LogP contribution in [0.5, 0.6) is 0 Å². The number of benzene rings is 1. The molecule has 0 amide bonds. The van der Waals surface area contributed by atoms with Gasteiger partial charge in [-0.1, -0.05) is 6.07 Å². The number of nitrogen functional groups attached to an aromatic ring is 1. The topological polar surface area (TPSA) is 96.8 Å². The van der Waals surface area contributed by atoms with E-state index in [2.05, 4.69) is 9.65 Å². The standard InChI is InChI=1S/C14H7FN4O/c15-12-8(2-1-3-11(12)17)13(20)10-6-18-14-9(10)4-7(5-16)19-14/h1-4,6H,17H2/p+1. The molecule has 2 aromatic rings. The molecule has 0 saturated heterocycles. The Morgan fingerprint density at radius 1 is 1.40 bits per heavy atom. The van der Waals surface area contributed by atoms with Gasteiger partial charge in [-0.15, -0.1) is 0 Å². The van der Waals surface area contributed by atoms with Crippen LogP contribution in [0.3, 0.4) is 0 Å². The fourth-order valence-electron chi connectivity index (χ4n) is 2.07. The maximum atomic E-state index is 13.9. The highest BCUT2D eigenvalue weighted by Gasteiger charge is 2.23. The van der Waals surface area contributed by atoms with Gasteiger partial charge in [-0.25, -0.2) is 9.37 Å². The van der Waals surface area contributed by atoms with E-state index in [4.69, 9.17) is 11.0 Å². The van der Waals surface area contributed by atoms with Gasteiger partial charge >= 0.3 is 11.2 Å². The first-order valence-electron chi connectivity index (χ1n) is 5.75. The number of nitrogens with one attached hydrogen (secondary N) is 1. The van der Waals surface area contributed by atoms with Gasteiger partial charge in [-0.3, -0.25) is 4.79 Å². The van der Waals surface area contributed by atoms with Crippen LogP contribution in [-0.4, -0.2) is 16.5 Å². The highest BCUT2D eigenvalue weighted by molar-refractivity contribution is 6.21. The number of carbonyl (C=O) groups excluding carboxylic acids is 1. The third-order valence-corrected chi connectivity index (χ3v) is 3.04. The van der Waals surface area contributed by atoms with Crippen LogP contribution in [-0.2, 0) is 0 Å². The van der Waals surface area contributed by atoms with Crippen molar-refractivity contribution >= 4 is 23.3 Å². The van der Waals surface area contributed by atoms with Gasteiger partial charge in [-0.05, 0) is 12.1 Å². The van der Waals surface area contributed by atoms with Gasteiger partial charge in [0.25, 0.3) is 0 Å². The number of hydrogen-bond acceptors (Lipinski definition) is 3. The Morgan fingerprint density at radius 2 is 2.20 bits per heavy atom. The number of nitrogens with zero attached hydrogens (tertiary/aromatic N) is 2. The number of nitriles is 1. The van der Waals surface area contributed by atoms with Gasteiger partial charge in [0.1, 0.15) is 11.4 Å². The van der Waals surface area contributed by atoms with Crippen LogP contribution in [0.25, 0.3) is 6.08 Å². The summed E-state index contributed by atoms with van der Waals surface area (Å²) in [5.41, 5.74) is 6.16. The number of hydrogen-bond donors (Lipinski definition) is 2. The molecular formula is C14H8FN4O+. The molecule has 0 fully saturated rings. The number of anilines is 1. The summed E-state index contributed by atoms with van der Waals surface area (Å²) in [7, 11) is 0. The van der Waals surface area contributed by atoms with E-state index in [9.17, 15) is 9.18 Å². The fourth-order valence-corrected chi connectivity index (χ4v) is 2.07. The van der Waals surface area contributed by atoms with Crippen molar-refractivity contribution < 1.29 is 9.18 Å². The van der Waals surface area contributed by atoms with Gasteiger partial charge in [0, 0.05) is 6.08 Å². The summed E-state index contributed by atoms with van der Waals surface area (Å²) in [5.74, 6) is -1.25. The summed E-state index contributed by atoms with van der Waals surface area (Å²) in [6, 6.07) is 6.16. The van der Waals surface area contributed by atoms with Crippen molar-refractivity contribution in [1.29, 1.82) is 5.26 Å². The minimum absolute atomic E-state index is 0.0824. The van der Waals surface area contributed by atoms with Crippen LogP contribution in [0.1, 0.15) is 15.9 Å². The molecule has 3 rings (SSSR count). The van der Waals surface area contributed by atoms with Gasteiger partial charge in [0.15, 0.2) is 11.9 Å². The normalized spacial score (nSPS) is 11.9. The summed E-state index contributed by atoms with van der Waals surface area (Å²) in [4.78, 5) is 15.2. The van der Waals surface area contributed by atoms with Crippen molar-refractivity contribution in [3.63, 3.8) is 0 Å². The molecule has 0 saturated carbocycles. The van der Waals surface area contributed by atoms with Gasteiger partial charge in [-0.2, -0.15) is 9.93 Å². The van der Waals surface area contributed by atoms with Crippen LogP contribution in [0.2, 0.25) is 0 Å². The molecule has 5 nitrogen and oxygen atoms in total. The first-order valence-corrected chi connectivity index (χ1v) is 5.75. The van der Waals surface area contributed by atoms with Crippen molar-refractivity contribution in [3.8, 4) is 6.07 Å². The number of nitrogens with two attached hydrogens (primary N) is 1. The van der Waals surface area contributed by atoms with Crippen LogP contribution >= 0.6 is 0 Å². The molecule has 96 valence electrons. The molecular weight excluding hydrogens is 259 g/mol. The maximum Gasteiger partial charge on any atom is 0.382 e. The van der Waals surface area contributed by atoms with E-state index in [0.29, 0.717) is 10.7 Å². The van der Waals surface area contributed by atoms with Crippen molar-refractivity contribution in [1.82, 2.24) is 9.65 Å². The minimum atomic E-state index is -0.744. The molecule has 20 heavy (non-hydrogen) atoms. The molecule has 1 aliphatic heterocycles. The summed E-state index contributed by atoms with van der Waals surface area (Å²) in [6.45, 7) is 0. The van der Waals surface area contributed by atoms with E-state index in [1.807, 2.05) is 6.07 Å². The van der Waals surface area contributed by atoms with Crippen molar-refractivity contribution in [2.75, 3.05) is 5.73 Å². The SMILES string of the molecule is N#CC1=[N+]=c2[nH]cc(C(=O)c3cccc(N)c3F)c2=C1. The summed E-state index contributed by atoms with van der Waals surface area (Å²) >= 11 is 0. The molecule has 1 aliphatic rings. The highest BCUT2D eigenvalue weighted by Crippen LogP contribution is 2.16. The molecule has 0 bridgehead atoms. The molecule has 1 aromatic carbocycles. The predicted molar refractivity (Wildman–Crippen MR) is 70.6 cm³/mol. The number of fused-ring (bicyclic) bond motifs is 1. The number of aromatic nitrogens is 1. The lowest BCUT2D eigenvalue weighted by Crippen LogP contribution is -2.26. The maximum absolute atomic E-state index is 13.9. The van der Waals surface area contributed by atoms with Crippen molar-refractivity contribution in [2.24, 2.45) is 0 Å². The van der Waals surface area contributed by atoms with E-state index < -0.39 is 11.6 Å². The van der Waals surface area contributed by atoms with Crippen LogP contribution in [0, 0.1) is 17.1 Å². The molecule has 0 unspecified atom stereocenters. The number of rotatable bonds is 2. The number of H-pyrrole nitrogens is 1. The lowest BCUT2D eigenvalue weighted by atomic mass is 10.0. The van der Waals surface area contributed by atoms with Crippen LogP contribution in [0.15, 0.2) is 24.4 Å². The Bertz CT molecular complexity index is 943. The second kappa shape index (κ2) is 4.19. The van der Waals surface area contributed by atoms with Crippen molar-refractivity contribution in [3.05, 3.63) is 52.0 Å². The smallest absolute Gasteiger partial charge is 0.382 e. The Labute approximate surface area is 112 Å². The minimum Gasteiger partial charge on any atom is -0.396 e. The first-order chi connectivity index (χ1) is 9.61. The van der Waals surface area contributed by atoms with Gasteiger partial charge in [0.05, 0.1) is 16.8 Å². The summed E-state index contributed by atoms with van der Waals surface area (Å²) in [5, 5.41) is 9.29. The van der Waals surface area contributed by atoms with Gasteiger partial charge < -0.3 is 5.73 Å². The lowest BCUT2D eigenvalue weighted by molar-refractivity contribution is 0.103. The Balaban J connectivity index is 2.16. The monoisotopic (exact) mass is 267 g/mol. The van der Waals surface area contributed by atoms with E-state index >= 15 is 0 Å². The average Bonchev–Trinajstić information content (AvgIpc) is 3.00. The molecule has 0 spiro atoms. The molecule has 1 aromatic heterocycles. The zero-order chi connectivity index (χ0) is 14.3. The third-order valence-electron chi connectivity index (χ3n) is 3.04. The molecule has 0 aliphatic carbocycles. The second-order valence-electron chi connectivity index (χ2n) is 4.26. The zero-order valence-electron chi connectivity index (χ0n) is 10.1. The Kier molecular flexibility index (Phi) is 2.50.